The average molecular weight is 686 g/mol. The second kappa shape index (κ2) is 35.1. The number of aliphatic hydroxyl groups is 2. The van der Waals surface area contributed by atoms with Crippen molar-refractivity contribution in [3.05, 3.63) is 0 Å². The molecule has 0 aromatic heterocycles. The third-order valence-electron chi connectivity index (χ3n) is 10.2. The monoisotopic (exact) mass is 686 g/mol. The van der Waals surface area contributed by atoms with Gasteiger partial charge in [0.1, 0.15) is 0 Å². The molecule has 1 rings (SSSR count). The first-order valence-corrected chi connectivity index (χ1v) is 20.9. The van der Waals surface area contributed by atoms with Crippen LogP contribution in [0, 0.1) is 5.92 Å². The lowest BCUT2D eigenvalue weighted by atomic mass is 9.95. The first-order valence-electron chi connectivity index (χ1n) is 20.9. The summed E-state index contributed by atoms with van der Waals surface area (Å²) in [4.78, 5) is 18.2. The van der Waals surface area contributed by atoms with Crippen LogP contribution in [-0.4, -0.2) is 110 Å². The molecular weight excluding hydrogens is 602 g/mol. The van der Waals surface area contributed by atoms with E-state index in [1.54, 1.807) is 0 Å². The molecule has 0 aliphatic carbocycles. The van der Waals surface area contributed by atoms with Gasteiger partial charge in [-0.25, -0.2) is 9.78 Å². The van der Waals surface area contributed by atoms with Crippen molar-refractivity contribution in [2.24, 2.45) is 5.92 Å². The van der Waals surface area contributed by atoms with Gasteiger partial charge >= 0.3 is 0 Å². The van der Waals surface area contributed by atoms with E-state index in [0.29, 0.717) is 19.1 Å². The van der Waals surface area contributed by atoms with Gasteiger partial charge in [-0.1, -0.05) is 134 Å². The third kappa shape index (κ3) is 29.4. The van der Waals surface area contributed by atoms with Gasteiger partial charge in [-0.2, -0.15) is 0 Å². The molecule has 2 unspecified atom stereocenters. The zero-order valence-electron chi connectivity index (χ0n) is 32.4. The minimum atomic E-state index is -0.304. The van der Waals surface area contributed by atoms with Crippen LogP contribution in [0.5, 0.6) is 0 Å². The van der Waals surface area contributed by atoms with Gasteiger partial charge in [0.25, 0.3) is 0 Å². The van der Waals surface area contributed by atoms with Crippen LogP contribution in [0.15, 0.2) is 0 Å². The molecule has 1 saturated heterocycles. The Morgan fingerprint density at radius 1 is 0.604 bits per heavy atom. The van der Waals surface area contributed by atoms with Crippen LogP contribution in [0.3, 0.4) is 0 Å². The van der Waals surface area contributed by atoms with Crippen molar-refractivity contribution in [3.63, 3.8) is 0 Å². The van der Waals surface area contributed by atoms with E-state index < -0.39 is 0 Å². The first-order chi connectivity index (χ1) is 23.6. The second-order valence-electron chi connectivity index (χ2n) is 15.0. The second-order valence-corrected chi connectivity index (χ2v) is 15.0. The lowest BCUT2D eigenvalue weighted by Gasteiger charge is -2.34. The summed E-state index contributed by atoms with van der Waals surface area (Å²) in [5.74, 6) is 0.567. The van der Waals surface area contributed by atoms with Crippen LogP contribution >= 0.6 is 0 Å². The minimum absolute atomic E-state index is 0.285. The first kappa shape index (κ1) is 45.7. The molecule has 2 atom stereocenters. The molecule has 1 fully saturated rings. The highest BCUT2D eigenvalue weighted by molar-refractivity contribution is 4.75. The molecule has 0 amide bonds. The SMILES string of the molecule is CCCCCCCCCCC(CCCCCCCC)COOOCCCCCCN(CCCCCCO)CC(O)CN1CCN(C)CC1. The Balaban J connectivity index is 2.21. The van der Waals surface area contributed by atoms with E-state index in [2.05, 4.69) is 35.6 Å². The molecular formula is C40H83N3O5. The fourth-order valence-corrected chi connectivity index (χ4v) is 6.91. The highest BCUT2D eigenvalue weighted by Gasteiger charge is 2.19. The van der Waals surface area contributed by atoms with Crippen molar-refractivity contribution < 1.29 is 25.0 Å². The van der Waals surface area contributed by atoms with E-state index in [-0.39, 0.29) is 12.7 Å². The highest BCUT2D eigenvalue weighted by Crippen LogP contribution is 2.20. The normalized spacial score (nSPS) is 15.9. The number of nitrogens with zero attached hydrogens (tertiary/aromatic N) is 3. The number of hydrogen-bond acceptors (Lipinski definition) is 8. The van der Waals surface area contributed by atoms with Gasteiger partial charge in [-0.05, 0) is 64.6 Å². The number of hydrogen-bond donors (Lipinski definition) is 2. The lowest BCUT2D eigenvalue weighted by molar-refractivity contribution is -0.515. The summed E-state index contributed by atoms with van der Waals surface area (Å²) in [6, 6.07) is 0. The third-order valence-corrected chi connectivity index (χ3v) is 10.2. The van der Waals surface area contributed by atoms with E-state index >= 15 is 0 Å². The summed E-state index contributed by atoms with van der Waals surface area (Å²) in [6.07, 6.45) is 29.7. The fraction of sp³-hybridized carbons (Fsp3) is 1.00. The molecule has 288 valence electrons. The van der Waals surface area contributed by atoms with Crippen LogP contribution in [0.25, 0.3) is 0 Å². The molecule has 0 spiro atoms. The molecule has 1 aliphatic rings. The lowest BCUT2D eigenvalue weighted by Crippen LogP contribution is -2.49. The van der Waals surface area contributed by atoms with E-state index in [4.69, 9.17) is 19.9 Å². The number of piperazine rings is 1. The van der Waals surface area contributed by atoms with Gasteiger partial charge < -0.3 is 20.0 Å². The maximum atomic E-state index is 10.9. The summed E-state index contributed by atoms with van der Waals surface area (Å²) < 4.78 is 0. The predicted octanol–water partition coefficient (Wildman–Crippen LogP) is 8.79. The molecule has 8 heteroatoms. The van der Waals surface area contributed by atoms with Crippen molar-refractivity contribution in [1.82, 2.24) is 14.7 Å². The van der Waals surface area contributed by atoms with Gasteiger partial charge in [0.15, 0.2) is 0 Å². The Morgan fingerprint density at radius 2 is 1.10 bits per heavy atom. The summed E-state index contributed by atoms with van der Waals surface area (Å²) in [5.41, 5.74) is 0. The number of unbranched alkanes of at least 4 members (excludes halogenated alkanes) is 18. The highest BCUT2D eigenvalue weighted by atomic mass is 17.5. The van der Waals surface area contributed by atoms with E-state index in [0.717, 1.165) is 104 Å². The van der Waals surface area contributed by atoms with Crippen molar-refractivity contribution in [2.45, 2.75) is 174 Å². The van der Waals surface area contributed by atoms with Gasteiger partial charge in [0.05, 0.1) is 19.3 Å². The van der Waals surface area contributed by atoms with Crippen LogP contribution in [0.2, 0.25) is 0 Å². The maximum absolute atomic E-state index is 10.9. The van der Waals surface area contributed by atoms with E-state index in [9.17, 15) is 5.11 Å². The van der Waals surface area contributed by atoms with E-state index in [1.807, 2.05) is 0 Å². The molecule has 0 bridgehead atoms. The Bertz CT molecular complexity index is 638. The topological polar surface area (TPSA) is 77.9 Å². The van der Waals surface area contributed by atoms with Crippen LogP contribution in [0.1, 0.15) is 168 Å². The molecule has 8 nitrogen and oxygen atoms in total. The molecule has 48 heavy (non-hydrogen) atoms. The molecule has 2 N–H and O–H groups in total. The average Bonchev–Trinajstić information content (AvgIpc) is 3.08. The largest absolute Gasteiger partial charge is 0.396 e. The fourth-order valence-electron chi connectivity index (χ4n) is 6.91. The smallest absolute Gasteiger partial charge is 0.0881 e. The Hall–Kier alpha value is -0.320. The predicted molar refractivity (Wildman–Crippen MR) is 202 cm³/mol. The van der Waals surface area contributed by atoms with Crippen molar-refractivity contribution in [3.8, 4) is 0 Å². The van der Waals surface area contributed by atoms with Gasteiger partial charge in [0.2, 0.25) is 0 Å². The minimum Gasteiger partial charge on any atom is -0.396 e. The van der Waals surface area contributed by atoms with Gasteiger partial charge in [-0.3, -0.25) is 4.90 Å². The molecule has 0 aromatic carbocycles. The number of β-amino-alcohol motifs (C(OH)–C–C–N with tert-alkyl or cyclic N) is 1. The van der Waals surface area contributed by atoms with E-state index in [1.165, 1.54) is 103 Å². The van der Waals surface area contributed by atoms with Crippen LogP contribution in [0.4, 0.5) is 0 Å². The van der Waals surface area contributed by atoms with Crippen molar-refractivity contribution in [1.29, 1.82) is 0 Å². The van der Waals surface area contributed by atoms with Crippen LogP contribution in [-0.2, 0) is 14.8 Å². The summed E-state index contributed by atoms with van der Waals surface area (Å²) in [7, 11) is 2.17. The quantitative estimate of drug-likeness (QED) is 0.0382. The Morgan fingerprint density at radius 3 is 1.67 bits per heavy atom. The number of aliphatic hydroxyl groups excluding tert-OH is 2. The summed E-state index contributed by atoms with van der Waals surface area (Å²) >= 11 is 0. The standard InChI is InChI=1S/C40H83N3O5/c1-4-6-8-10-12-13-15-21-27-39(26-20-14-11-9-7-5-2)38-47-48-46-35-25-19-17-23-29-42(28-22-16-18-24-34-44)36-40(45)37-43-32-30-41(3)31-33-43/h39-40,44-45H,4-38H2,1-3H3. The zero-order valence-corrected chi connectivity index (χ0v) is 32.4. The molecule has 0 saturated carbocycles. The molecule has 0 radical (unpaired) electrons. The zero-order chi connectivity index (χ0) is 34.8. The molecule has 1 aliphatic heterocycles. The molecule has 0 aromatic rings. The number of likely N-dealkylation sites (N-methyl/N-ethyl adjacent to an activating group) is 1. The Labute approximate surface area is 298 Å². The van der Waals surface area contributed by atoms with Gasteiger partial charge in [0, 0.05) is 45.9 Å². The number of rotatable bonds is 37. The molecule has 1 heterocycles. The van der Waals surface area contributed by atoms with Crippen molar-refractivity contribution in [2.75, 3.05) is 79.2 Å². The summed E-state index contributed by atoms with van der Waals surface area (Å²) in [6.45, 7) is 13.9. The van der Waals surface area contributed by atoms with Gasteiger partial charge in [-0.15, -0.1) is 0 Å². The summed E-state index contributed by atoms with van der Waals surface area (Å²) in [5, 5.41) is 25.1. The van der Waals surface area contributed by atoms with Crippen LogP contribution < -0.4 is 0 Å². The maximum Gasteiger partial charge on any atom is 0.0881 e. The Kier molecular flexibility index (Phi) is 33.4. The van der Waals surface area contributed by atoms with Crippen molar-refractivity contribution >= 4 is 0 Å².